The predicted octanol–water partition coefficient (Wildman–Crippen LogP) is 3.28. The molecule has 22 heavy (non-hydrogen) atoms. The summed E-state index contributed by atoms with van der Waals surface area (Å²) in [7, 11) is 0. The van der Waals surface area contributed by atoms with Crippen molar-refractivity contribution in [1.29, 1.82) is 0 Å². The van der Waals surface area contributed by atoms with Crippen molar-refractivity contribution in [2.45, 2.75) is 12.5 Å². The Kier molecular flexibility index (Phi) is 5.54. The van der Waals surface area contributed by atoms with Gasteiger partial charge in [-0.05, 0) is 30.2 Å². The molecule has 8 heteroatoms. The second-order valence-electron chi connectivity index (χ2n) is 4.69. The number of hydrogen-bond donors (Lipinski definition) is 2. The van der Waals surface area contributed by atoms with Crippen LogP contribution in [0.2, 0.25) is 10.0 Å². The molecule has 6 nitrogen and oxygen atoms in total. The molecule has 1 atom stereocenters. The first kappa shape index (κ1) is 16.5. The highest BCUT2D eigenvalue weighted by atomic mass is 35.5. The first-order valence-corrected chi connectivity index (χ1v) is 7.26. The highest BCUT2D eigenvalue weighted by Crippen LogP contribution is 2.23. The van der Waals surface area contributed by atoms with E-state index in [1.54, 1.807) is 18.2 Å². The lowest BCUT2D eigenvalue weighted by atomic mass is 10.1. The maximum atomic E-state index is 10.6. The fourth-order valence-corrected chi connectivity index (χ4v) is 2.25. The Labute approximate surface area is 137 Å². The molecule has 0 aliphatic carbocycles. The van der Waals surface area contributed by atoms with Crippen LogP contribution in [0.4, 0.5) is 11.5 Å². The van der Waals surface area contributed by atoms with E-state index in [2.05, 4.69) is 10.3 Å². The second kappa shape index (κ2) is 7.40. The largest absolute Gasteiger partial charge is 0.366 e. The summed E-state index contributed by atoms with van der Waals surface area (Å²) in [6, 6.07) is 8.26. The van der Waals surface area contributed by atoms with E-state index in [-0.39, 0.29) is 11.7 Å². The van der Waals surface area contributed by atoms with Crippen LogP contribution in [0.1, 0.15) is 5.56 Å². The average Bonchev–Trinajstić information content (AvgIpc) is 2.50. The summed E-state index contributed by atoms with van der Waals surface area (Å²) in [5.41, 5.74) is 6.69. The summed E-state index contributed by atoms with van der Waals surface area (Å²) in [5.74, 6) is 0.529. The van der Waals surface area contributed by atoms with E-state index in [1.807, 2.05) is 6.07 Å². The minimum atomic E-state index is -0.493. The van der Waals surface area contributed by atoms with E-state index in [0.717, 1.165) is 5.56 Å². The Bertz CT molecular complexity index is 664. The molecule has 0 amide bonds. The van der Waals surface area contributed by atoms with Gasteiger partial charge in [0.25, 0.3) is 5.69 Å². The smallest absolute Gasteiger partial charge is 0.287 e. The number of anilines is 1. The molecule has 0 saturated carbocycles. The highest BCUT2D eigenvalue weighted by Gasteiger charge is 2.11. The van der Waals surface area contributed by atoms with Gasteiger partial charge in [0.2, 0.25) is 0 Å². The Hall–Kier alpha value is -1.89. The van der Waals surface area contributed by atoms with Gasteiger partial charge in [0.1, 0.15) is 12.0 Å². The summed E-state index contributed by atoms with van der Waals surface area (Å²) in [6.45, 7) is 0.374. The van der Waals surface area contributed by atoms with Crippen molar-refractivity contribution in [2.24, 2.45) is 5.73 Å². The van der Waals surface area contributed by atoms with E-state index in [0.29, 0.717) is 28.8 Å². The molecule has 1 aromatic carbocycles. The number of benzene rings is 1. The third-order valence-corrected chi connectivity index (χ3v) is 3.80. The molecule has 0 saturated heterocycles. The van der Waals surface area contributed by atoms with E-state index in [1.165, 1.54) is 12.3 Å². The first-order valence-electron chi connectivity index (χ1n) is 6.50. The quantitative estimate of drug-likeness (QED) is 0.621. The molecule has 0 aliphatic heterocycles. The zero-order chi connectivity index (χ0) is 16.1. The molecule has 0 fully saturated rings. The summed E-state index contributed by atoms with van der Waals surface area (Å²) in [6.07, 6.45) is 1.83. The number of nitrogens with zero attached hydrogens (tertiary/aromatic N) is 2. The van der Waals surface area contributed by atoms with Crippen LogP contribution in [0, 0.1) is 10.1 Å². The number of nitrogens with one attached hydrogen (secondary N) is 1. The molecule has 1 heterocycles. The third-order valence-electron chi connectivity index (χ3n) is 3.06. The summed E-state index contributed by atoms with van der Waals surface area (Å²) in [4.78, 5) is 14.1. The van der Waals surface area contributed by atoms with Crippen LogP contribution >= 0.6 is 23.2 Å². The molecule has 0 aliphatic rings. The summed E-state index contributed by atoms with van der Waals surface area (Å²) in [5, 5.41) is 14.7. The molecular formula is C14H14Cl2N4O2. The molecule has 0 spiro atoms. The van der Waals surface area contributed by atoms with Gasteiger partial charge >= 0.3 is 0 Å². The van der Waals surface area contributed by atoms with Crippen molar-refractivity contribution in [1.82, 2.24) is 4.98 Å². The minimum absolute atomic E-state index is 0.0562. The van der Waals surface area contributed by atoms with Crippen LogP contribution in [0.15, 0.2) is 36.5 Å². The van der Waals surface area contributed by atoms with Gasteiger partial charge < -0.3 is 11.1 Å². The van der Waals surface area contributed by atoms with Gasteiger partial charge in [-0.1, -0.05) is 29.3 Å². The van der Waals surface area contributed by atoms with E-state index < -0.39 is 4.92 Å². The minimum Gasteiger partial charge on any atom is -0.366 e. The zero-order valence-corrected chi connectivity index (χ0v) is 13.0. The number of hydrogen-bond acceptors (Lipinski definition) is 5. The number of nitrogens with two attached hydrogens (primary N) is 1. The van der Waals surface area contributed by atoms with Gasteiger partial charge in [0.15, 0.2) is 0 Å². The fraction of sp³-hybridized carbons (Fsp3) is 0.214. The molecular weight excluding hydrogens is 327 g/mol. The van der Waals surface area contributed by atoms with Crippen molar-refractivity contribution in [3.63, 3.8) is 0 Å². The van der Waals surface area contributed by atoms with Crippen molar-refractivity contribution < 1.29 is 4.92 Å². The molecule has 1 aromatic heterocycles. The summed E-state index contributed by atoms with van der Waals surface area (Å²) >= 11 is 11.9. The standard InChI is InChI=1S/C14H14Cl2N4O2/c15-12-3-1-9(6-13(12)16)5-10(7-17)19-14-4-2-11(8-18-14)20(21)22/h1-4,6,8,10H,5,7,17H2,(H,18,19). The SMILES string of the molecule is NCC(Cc1ccc(Cl)c(Cl)c1)Nc1ccc([N+](=O)[O-])cn1. The van der Waals surface area contributed by atoms with Crippen LogP contribution < -0.4 is 11.1 Å². The number of nitro groups is 1. The number of pyridine rings is 1. The lowest BCUT2D eigenvalue weighted by Crippen LogP contribution is -2.31. The van der Waals surface area contributed by atoms with Crippen LogP contribution in [0.25, 0.3) is 0 Å². The normalized spacial score (nSPS) is 12.0. The van der Waals surface area contributed by atoms with Crippen LogP contribution in [-0.2, 0) is 6.42 Å². The number of halogens is 2. The van der Waals surface area contributed by atoms with E-state index >= 15 is 0 Å². The van der Waals surface area contributed by atoms with Gasteiger partial charge in [-0.15, -0.1) is 0 Å². The topological polar surface area (TPSA) is 94.1 Å². The monoisotopic (exact) mass is 340 g/mol. The predicted molar refractivity (Wildman–Crippen MR) is 87.5 cm³/mol. The van der Waals surface area contributed by atoms with Crippen LogP contribution in [-0.4, -0.2) is 22.5 Å². The average molecular weight is 341 g/mol. The third kappa shape index (κ3) is 4.30. The molecule has 116 valence electrons. The molecule has 3 N–H and O–H groups in total. The molecule has 2 rings (SSSR count). The Morgan fingerprint density at radius 3 is 2.59 bits per heavy atom. The maximum Gasteiger partial charge on any atom is 0.287 e. The molecule has 1 unspecified atom stereocenters. The molecule has 0 radical (unpaired) electrons. The van der Waals surface area contributed by atoms with Crippen molar-refractivity contribution in [3.05, 3.63) is 62.3 Å². The van der Waals surface area contributed by atoms with Crippen molar-refractivity contribution in [2.75, 3.05) is 11.9 Å². The Balaban J connectivity index is 2.05. The zero-order valence-electron chi connectivity index (χ0n) is 11.5. The molecule has 2 aromatic rings. The van der Waals surface area contributed by atoms with Gasteiger partial charge in [0.05, 0.1) is 15.0 Å². The second-order valence-corrected chi connectivity index (χ2v) is 5.50. The van der Waals surface area contributed by atoms with E-state index in [9.17, 15) is 10.1 Å². The fourth-order valence-electron chi connectivity index (χ4n) is 1.93. The number of rotatable bonds is 6. The van der Waals surface area contributed by atoms with Crippen molar-refractivity contribution in [3.8, 4) is 0 Å². The van der Waals surface area contributed by atoms with Gasteiger partial charge in [0, 0.05) is 18.7 Å². The van der Waals surface area contributed by atoms with Crippen LogP contribution in [0.3, 0.4) is 0 Å². The Morgan fingerprint density at radius 1 is 1.27 bits per heavy atom. The van der Waals surface area contributed by atoms with Gasteiger partial charge in [-0.25, -0.2) is 4.98 Å². The van der Waals surface area contributed by atoms with Gasteiger partial charge in [-0.3, -0.25) is 10.1 Å². The highest BCUT2D eigenvalue weighted by molar-refractivity contribution is 6.42. The summed E-state index contributed by atoms with van der Waals surface area (Å²) < 4.78 is 0. The Morgan fingerprint density at radius 2 is 2.05 bits per heavy atom. The lowest BCUT2D eigenvalue weighted by Gasteiger charge is -2.17. The molecule has 0 bridgehead atoms. The van der Waals surface area contributed by atoms with Gasteiger partial charge in [-0.2, -0.15) is 0 Å². The van der Waals surface area contributed by atoms with Crippen molar-refractivity contribution >= 4 is 34.7 Å². The maximum absolute atomic E-state index is 10.6. The van der Waals surface area contributed by atoms with Crippen LogP contribution in [0.5, 0.6) is 0 Å². The first-order chi connectivity index (χ1) is 10.5. The van der Waals surface area contributed by atoms with E-state index in [4.69, 9.17) is 28.9 Å². The number of aromatic nitrogens is 1. The lowest BCUT2D eigenvalue weighted by molar-refractivity contribution is -0.385.